The molecule has 0 unspecified atom stereocenters. The second-order valence-corrected chi connectivity index (χ2v) is 9.09. The van der Waals surface area contributed by atoms with E-state index in [9.17, 15) is 9.59 Å². The van der Waals surface area contributed by atoms with Crippen LogP contribution in [-0.2, 0) is 16.8 Å². The van der Waals surface area contributed by atoms with Crippen LogP contribution in [0.4, 0.5) is 0 Å². The number of amides is 2. The van der Waals surface area contributed by atoms with Crippen molar-refractivity contribution in [3.63, 3.8) is 0 Å². The third-order valence-corrected chi connectivity index (χ3v) is 6.84. The van der Waals surface area contributed by atoms with Crippen LogP contribution in [0.2, 0.25) is 0 Å². The van der Waals surface area contributed by atoms with Crippen molar-refractivity contribution in [3.05, 3.63) is 69.7 Å². The fraction of sp³-hybridized carbons (Fsp3) is 0.417. The number of benzene rings is 2. The summed E-state index contributed by atoms with van der Waals surface area (Å²) in [5, 5.41) is 3.12. The van der Waals surface area contributed by atoms with E-state index in [4.69, 9.17) is 0 Å². The van der Waals surface area contributed by atoms with Crippen molar-refractivity contribution in [2.24, 2.45) is 0 Å². The Kier molecular flexibility index (Phi) is 6.04. The Morgan fingerprint density at radius 2 is 1.69 bits per heavy atom. The zero-order valence-electron chi connectivity index (χ0n) is 16.6. The predicted molar refractivity (Wildman–Crippen MR) is 118 cm³/mol. The average molecular weight is 455 g/mol. The summed E-state index contributed by atoms with van der Waals surface area (Å²) < 4.78 is 1.02. The first kappa shape index (κ1) is 20.1. The van der Waals surface area contributed by atoms with Crippen LogP contribution in [0.5, 0.6) is 0 Å². The highest BCUT2D eigenvalue weighted by atomic mass is 79.9. The Hall–Kier alpha value is -2.14. The van der Waals surface area contributed by atoms with Crippen LogP contribution < -0.4 is 5.32 Å². The van der Waals surface area contributed by atoms with E-state index in [1.807, 2.05) is 53.4 Å². The first-order valence-electron chi connectivity index (χ1n) is 10.5. The molecule has 0 aromatic heterocycles. The zero-order valence-corrected chi connectivity index (χ0v) is 18.2. The van der Waals surface area contributed by atoms with Gasteiger partial charge in [-0.2, -0.15) is 0 Å². The number of nitrogens with one attached hydrogen (secondary N) is 1. The van der Waals surface area contributed by atoms with E-state index in [-0.39, 0.29) is 11.8 Å². The minimum Gasteiger partial charge on any atom is -0.351 e. The first-order valence-corrected chi connectivity index (χ1v) is 11.3. The number of halogens is 1. The molecule has 29 heavy (non-hydrogen) atoms. The van der Waals surface area contributed by atoms with E-state index in [1.54, 1.807) is 0 Å². The number of piperidine rings is 1. The molecule has 4 nitrogen and oxygen atoms in total. The van der Waals surface area contributed by atoms with E-state index >= 15 is 0 Å². The number of rotatable bonds is 5. The molecular weight excluding hydrogens is 428 g/mol. The fourth-order valence-corrected chi connectivity index (χ4v) is 4.66. The van der Waals surface area contributed by atoms with E-state index in [0.29, 0.717) is 12.1 Å². The number of hydrogen-bond acceptors (Lipinski definition) is 2. The Balaban J connectivity index is 1.42. The van der Waals surface area contributed by atoms with Crippen LogP contribution in [0.15, 0.2) is 53.0 Å². The molecule has 2 fully saturated rings. The summed E-state index contributed by atoms with van der Waals surface area (Å²) in [6, 6.07) is 15.8. The largest absolute Gasteiger partial charge is 0.351 e. The van der Waals surface area contributed by atoms with Gasteiger partial charge in [0.2, 0.25) is 5.91 Å². The summed E-state index contributed by atoms with van der Waals surface area (Å²) in [6.45, 7) is 2.13. The highest BCUT2D eigenvalue weighted by Gasteiger charge is 2.45. The van der Waals surface area contributed by atoms with Gasteiger partial charge in [-0.25, -0.2) is 0 Å². The summed E-state index contributed by atoms with van der Waals surface area (Å²) in [5.74, 6) is 0.182. The van der Waals surface area contributed by atoms with E-state index in [2.05, 4.69) is 21.2 Å². The minimum atomic E-state index is -0.415. The third-order valence-electron chi connectivity index (χ3n) is 6.31. The van der Waals surface area contributed by atoms with Gasteiger partial charge in [-0.05, 0) is 67.5 Å². The maximum atomic E-state index is 13.1. The molecule has 1 N–H and O–H groups in total. The van der Waals surface area contributed by atoms with Gasteiger partial charge < -0.3 is 10.2 Å². The molecule has 0 bridgehead atoms. The molecule has 0 spiro atoms. The Labute approximate surface area is 180 Å². The molecule has 2 aromatic carbocycles. The lowest BCUT2D eigenvalue weighted by molar-refractivity contribution is -0.130. The van der Waals surface area contributed by atoms with Gasteiger partial charge in [0, 0.05) is 29.7 Å². The van der Waals surface area contributed by atoms with Gasteiger partial charge in [0.1, 0.15) is 0 Å². The minimum absolute atomic E-state index is 0.0823. The molecule has 2 aromatic rings. The Morgan fingerprint density at radius 3 is 2.34 bits per heavy atom. The smallest absolute Gasteiger partial charge is 0.253 e. The van der Waals surface area contributed by atoms with Crippen LogP contribution in [0.1, 0.15) is 60.0 Å². The van der Waals surface area contributed by atoms with Crippen LogP contribution in [0, 0.1) is 0 Å². The molecule has 0 atom stereocenters. The van der Waals surface area contributed by atoms with Gasteiger partial charge in [0.05, 0.1) is 5.41 Å². The monoisotopic (exact) mass is 454 g/mol. The molecule has 2 aliphatic rings. The number of nitrogens with zero attached hydrogens (tertiary/aromatic N) is 1. The molecule has 1 aliphatic heterocycles. The molecule has 5 heteroatoms. The van der Waals surface area contributed by atoms with Crippen LogP contribution in [-0.4, -0.2) is 29.8 Å². The van der Waals surface area contributed by atoms with Crippen LogP contribution in [0.25, 0.3) is 0 Å². The van der Waals surface area contributed by atoms with Crippen molar-refractivity contribution in [1.29, 1.82) is 0 Å². The highest BCUT2D eigenvalue weighted by Crippen LogP contribution is 2.44. The Bertz CT molecular complexity index is 884. The van der Waals surface area contributed by atoms with Crippen molar-refractivity contribution in [3.8, 4) is 0 Å². The first-order chi connectivity index (χ1) is 14.1. The van der Waals surface area contributed by atoms with Crippen molar-refractivity contribution in [2.45, 2.75) is 50.5 Å². The molecule has 1 aliphatic carbocycles. The third kappa shape index (κ3) is 4.25. The van der Waals surface area contributed by atoms with E-state index in [0.717, 1.165) is 60.8 Å². The summed E-state index contributed by atoms with van der Waals surface area (Å²) in [6.07, 6.45) is 6.21. The summed E-state index contributed by atoms with van der Waals surface area (Å²) in [4.78, 5) is 27.8. The lowest BCUT2D eigenvalue weighted by atomic mass is 9.64. The van der Waals surface area contributed by atoms with Crippen molar-refractivity contribution >= 4 is 27.7 Å². The number of carbonyl (C=O) groups is 2. The maximum absolute atomic E-state index is 13.1. The van der Waals surface area contributed by atoms with Gasteiger partial charge in [0.15, 0.2) is 0 Å². The lowest BCUT2D eigenvalue weighted by Gasteiger charge is -2.40. The number of likely N-dealkylation sites (tertiary alicyclic amines) is 1. The van der Waals surface area contributed by atoms with Gasteiger partial charge in [-0.3, -0.25) is 9.59 Å². The SMILES string of the molecule is O=C(c1cccc(CNC(=O)C2(c3ccc(Br)cc3)CCC2)c1)N1CCCCC1. The zero-order chi connectivity index (χ0) is 20.3. The quantitative estimate of drug-likeness (QED) is 0.704. The molecule has 152 valence electrons. The second-order valence-electron chi connectivity index (χ2n) is 8.18. The summed E-state index contributed by atoms with van der Waals surface area (Å²) in [5.41, 5.74) is 2.34. The molecule has 1 heterocycles. The molecular formula is C24H27BrN2O2. The van der Waals surface area contributed by atoms with E-state index < -0.39 is 5.41 Å². The number of hydrogen-bond donors (Lipinski definition) is 1. The predicted octanol–water partition coefficient (Wildman–Crippen LogP) is 4.81. The maximum Gasteiger partial charge on any atom is 0.253 e. The van der Waals surface area contributed by atoms with Gasteiger partial charge in [0.25, 0.3) is 5.91 Å². The van der Waals surface area contributed by atoms with Crippen LogP contribution >= 0.6 is 15.9 Å². The summed E-state index contributed by atoms with van der Waals surface area (Å²) in [7, 11) is 0. The second kappa shape index (κ2) is 8.70. The lowest BCUT2D eigenvalue weighted by Crippen LogP contribution is -2.49. The normalized spacial score (nSPS) is 18.0. The molecule has 1 saturated carbocycles. The Morgan fingerprint density at radius 1 is 0.966 bits per heavy atom. The van der Waals surface area contributed by atoms with Crippen molar-refractivity contribution in [1.82, 2.24) is 10.2 Å². The standard InChI is InChI=1S/C24H27BrN2O2/c25-21-10-8-20(9-11-21)24(12-5-13-24)23(29)26-17-18-6-4-7-19(16-18)22(28)27-14-2-1-3-15-27/h4,6-11,16H,1-3,5,12-15,17H2,(H,26,29). The van der Waals surface area contributed by atoms with Crippen molar-refractivity contribution in [2.75, 3.05) is 13.1 Å². The van der Waals surface area contributed by atoms with Crippen molar-refractivity contribution < 1.29 is 9.59 Å². The number of carbonyl (C=O) groups excluding carboxylic acids is 2. The van der Waals surface area contributed by atoms with Gasteiger partial charge in [-0.15, -0.1) is 0 Å². The van der Waals surface area contributed by atoms with E-state index in [1.165, 1.54) is 6.42 Å². The molecule has 0 radical (unpaired) electrons. The van der Waals surface area contributed by atoms with Crippen LogP contribution in [0.3, 0.4) is 0 Å². The van der Waals surface area contributed by atoms with Gasteiger partial charge >= 0.3 is 0 Å². The van der Waals surface area contributed by atoms with Gasteiger partial charge in [-0.1, -0.05) is 46.6 Å². The summed E-state index contributed by atoms with van der Waals surface area (Å²) >= 11 is 3.47. The molecule has 2 amide bonds. The molecule has 1 saturated heterocycles. The average Bonchev–Trinajstić information content (AvgIpc) is 2.73. The molecule has 4 rings (SSSR count). The highest BCUT2D eigenvalue weighted by molar-refractivity contribution is 9.10. The topological polar surface area (TPSA) is 49.4 Å². The fourth-order valence-electron chi connectivity index (χ4n) is 4.39.